The van der Waals surface area contributed by atoms with Gasteiger partial charge in [-0.25, -0.2) is 0 Å². The van der Waals surface area contributed by atoms with Gasteiger partial charge in [0, 0.05) is 31.2 Å². The van der Waals surface area contributed by atoms with Crippen molar-refractivity contribution in [3.8, 4) is 0 Å². The topological polar surface area (TPSA) is 32.3 Å². The van der Waals surface area contributed by atoms with Crippen molar-refractivity contribution in [3.05, 3.63) is 34.4 Å². The van der Waals surface area contributed by atoms with Gasteiger partial charge in [0.2, 0.25) is 0 Å². The Kier molecular flexibility index (Phi) is 3.71. The minimum Gasteiger partial charge on any atom is -0.333 e. The van der Waals surface area contributed by atoms with Gasteiger partial charge in [-0.05, 0) is 38.8 Å². The summed E-state index contributed by atoms with van der Waals surface area (Å²) >= 11 is 0. The fraction of sp³-hybridized carbons (Fsp3) is 0.533. The maximum absolute atomic E-state index is 12.7. The first kappa shape index (κ1) is 13.1. The molecule has 0 aromatic heterocycles. The Balaban J connectivity index is 2.33. The van der Waals surface area contributed by atoms with Gasteiger partial charge in [0.15, 0.2) is 0 Å². The Hall–Kier alpha value is -1.35. The Morgan fingerprint density at radius 2 is 1.89 bits per heavy atom. The predicted molar refractivity (Wildman–Crippen MR) is 74.0 cm³/mol. The largest absolute Gasteiger partial charge is 0.333 e. The van der Waals surface area contributed by atoms with Crippen molar-refractivity contribution in [2.24, 2.45) is 0 Å². The van der Waals surface area contributed by atoms with Gasteiger partial charge in [0.05, 0.1) is 0 Å². The van der Waals surface area contributed by atoms with E-state index in [1.807, 2.05) is 18.7 Å². The van der Waals surface area contributed by atoms with Crippen LogP contribution in [0.25, 0.3) is 0 Å². The molecular weight excluding hydrogens is 224 g/mol. The van der Waals surface area contributed by atoms with Crippen molar-refractivity contribution < 1.29 is 4.79 Å². The van der Waals surface area contributed by atoms with Crippen LogP contribution in [0.1, 0.15) is 34.0 Å². The maximum atomic E-state index is 12.7. The predicted octanol–water partition coefficient (Wildman–Crippen LogP) is 2.05. The van der Waals surface area contributed by atoms with E-state index in [2.05, 4.69) is 31.3 Å². The van der Waals surface area contributed by atoms with E-state index >= 15 is 0 Å². The molecule has 0 radical (unpaired) electrons. The molecule has 3 heteroatoms. The summed E-state index contributed by atoms with van der Waals surface area (Å²) in [6.07, 6.45) is 0. The summed E-state index contributed by atoms with van der Waals surface area (Å²) in [4.78, 5) is 14.6. The Bertz CT molecular complexity index is 445. The normalized spacial score (nSPS) is 20.0. The van der Waals surface area contributed by atoms with Gasteiger partial charge in [-0.2, -0.15) is 0 Å². The third-order valence-corrected chi connectivity index (χ3v) is 3.65. The molecule has 0 saturated carbocycles. The van der Waals surface area contributed by atoms with Crippen LogP contribution in [-0.2, 0) is 0 Å². The number of carbonyl (C=O) groups is 1. The molecule has 0 aliphatic carbocycles. The molecule has 1 atom stereocenters. The molecule has 18 heavy (non-hydrogen) atoms. The second-order valence-corrected chi connectivity index (χ2v) is 5.33. The summed E-state index contributed by atoms with van der Waals surface area (Å²) in [5, 5.41) is 3.32. The first-order valence-corrected chi connectivity index (χ1v) is 6.60. The summed E-state index contributed by atoms with van der Waals surface area (Å²) in [5.41, 5.74) is 4.27. The molecule has 1 N–H and O–H groups in total. The highest BCUT2D eigenvalue weighted by atomic mass is 16.2. The van der Waals surface area contributed by atoms with Gasteiger partial charge < -0.3 is 10.2 Å². The summed E-state index contributed by atoms with van der Waals surface area (Å²) in [5.74, 6) is 0.180. The Morgan fingerprint density at radius 1 is 1.28 bits per heavy atom. The highest BCUT2D eigenvalue weighted by molar-refractivity contribution is 5.97. The van der Waals surface area contributed by atoms with Crippen LogP contribution < -0.4 is 5.32 Å². The van der Waals surface area contributed by atoms with Crippen molar-refractivity contribution >= 4 is 5.91 Å². The van der Waals surface area contributed by atoms with Gasteiger partial charge in [-0.15, -0.1) is 0 Å². The van der Waals surface area contributed by atoms with Crippen LogP contribution in [0.4, 0.5) is 0 Å². The number of piperazine rings is 1. The van der Waals surface area contributed by atoms with Crippen LogP contribution in [0.2, 0.25) is 0 Å². The third kappa shape index (κ3) is 2.41. The molecule has 98 valence electrons. The maximum Gasteiger partial charge on any atom is 0.254 e. The van der Waals surface area contributed by atoms with E-state index < -0.39 is 0 Å². The minimum atomic E-state index is 0.180. The lowest BCUT2D eigenvalue weighted by Gasteiger charge is -2.34. The molecule has 1 saturated heterocycles. The quantitative estimate of drug-likeness (QED) is 0.822. The molecule has 0 spiro atoms. The highest BCUT2D eigenvalue weighted by Gasteiger charge is 2.26. The molecule has 2 rings (SSSR count). The van der Waals surface area contributed by atoms with Crippen molar-refractivity contribution in [1.82, 2.24) is 10.2 Å². The molecule has 1 aliphatic heterocycles. The average Bonchev–Trinajstić information content (AvgIpc) is 2.27. The van der Waals surface area contributed by atoms with Crippen molar-refractivity contribution in [2.45, 2.75) is 33.7 Å². The van der Waals surface area contributed by atoms with E-state index in [1.54, 1.807) is 0 Å². The van der Waals surface area contributed by atoms with E-state index in [0.29, 0.717) is 0 Å². The number of aryl methyl sites for hydroxylation is 3. The number of hydrogen-bond acceptors (Lipinski definition) is 2. The summed E-state index contributed by atoms with van der Waals surface area (Å²) in [6.45, 7) is 10.8. The van der Waals surface area contributed by atoms with Crippen LogP contribution in [0.3, 0.4) is 0 Å². The van der Waals surface area contributed by atoms with Crippen LogP contribution >= 0.6 is 0 Å². The smallest absolute Gasteiger partial charge is 0.254 e. The third-order valence-electron chi connectivity index (χ3n) is 3.65. The van der Waals surface area contributed by atoms with E-state index in [1.165, 1.54) is 5.56 Å². The number of hydrogen-bond donors (Lipinski definition) is 1. The number of benzene rings is 1. The zero-order valence-corrected chi connectivity index (χ0v) is 11.7. The zero-order chi connectivity index (χ0) is 13.3. The number of carbonyl (C=O) groups excluding carboxylic acids is 1. The van der Waals surface area contributed by atoms with E-state index in [0.717, 1.165) is 36.3 Å². The molecule has 1 aromatic carbocycles. The standard InChI is InChI=1S/C15H22N2O/c1-10-7-11(2)14(12(3)8-10)15(18)17-6-5-16-9-13(17)4/h7-8,13,16H,5-6,9H2,1-4H3/t13-/m1/s1. The second-order valence-electron chi connectivity index (χ2n) is 5.33. The van der Waals surface area contributed by atoms with E-state index in [-0.39, 0.29) is 11.9 Å². The molecule has 1 fully saturated rings. The van der Waals surface area contributed by atoms with Gasteiger partial charge in [-0.1, -0.05) is 17.7 Å². The van der Waals surface area contributed by atoms with E-state index in [4.69, 9.17) is 0 Å². The first-order valence-electron chi connectivity index (χ1n) is 6.60. The van der Waals surface area contributed by atoms with E-state index in [9.17, 15) is 4.79 Å². The Morgan fingerprint density at radius 3 is 2.44 bits per heavy atom. The fourth-order valence-corrected chi connectivity index (χ4v) is 2.80. The highest BCUT2D eigenvalue weighted by Crippen LogP contribution is 2.20. The van der Waals surface area contributed by atoms with Crippen LogP contribution in [-0.4, -0.2) is 36.5 Å². The molecule has 1 aliphatic rings. The monoisotopic (exact) mass is 246 g/mol. The number of nitrogens with zero attached hydrogens (tertiary/aromatic N) is 1. The lowest BCUT2D eigenvalue weighted by atomic mass is 9.98. The molecular formula is C15H22N2O. The number of amides is 1. The van der Waals surface area contributed by atoms with Crippen LogP contribution in [0.5, 0.6) is 0 Å². The van der Waals surface area contributed by atoms with Gasteiger partial charge in [-0.3, -0.25) is 4.79 Å². The van der Waals surface area contributed by atoms with Crippen molar-refractivity contribution in [3.63, 3.8) is 0 Å². The molecule has 3 nitrogen and oxygen atoms in total. The van der Waals surface area contributed by atoms with Gasteiger partial charge in [0.25, 0.3) is 5.91 Å². The number of nitrogens with one attached hydrogen (secondary N) is 1. The van der Waals surface area contributed by atoms with Crippen molar-refractivity contribution in [1.29, 1.82) is 0 Å². The lowest BCUT2D eigenvalue weighted by molar-refractivity contribution is 0.0654. The summed E-state index contributed by atoms with van der Waals surface area (Å²) in [6, 6.07) is 4.45. The van der Waals surface area contributed by atoms with Crippen LogP contribution in [0, 0.1) is 20.8 Å². The molecule has 1 amide bonds. The first-order chi connectivity index (χ1) is 8.50. The van der Waals surface area contributed by atoms with Crippen molar-refractivity contribution in [2.75, 3.05) is 19.6 Å². The van der Waals surface area contributed by atoms with Gasteiger partial charge in [0.1, 0.15) is 0 Å². The Labute approximate surface area is 109 Å². The summed E-state index contributed by atoms with van der Waals surface area (Å²) in [7, 11) is 0. The summed E-state index contributed by atoms with van der Waals surface area (Å²) < 4.78 is 0. The molecule has 1 aromatic rings. The molecule has 1 heterocycles. The SMILES string of the molecule is Cc1cc(C)c(C(=O)N2CCNC[C@H]2C)c(C)c1. The lowest BCUT2D eigenvalue weighted by Crippen LogP contribution is -2.52. The fourth-order valence-electron chi connectivity index (χ4n) is 2.80. The molecule has 0 bridgehead atoms. The van der Waals surface area contributed by atoms with Gasteiger partial charge >= 0.3 is 0 Å². The molecule has 0 unspecified atom stereocenters. The zero-order valence-electron chi connectivity index (χ0n) is 11.7. The van der Waals surface area contributed by atoms with Crippen LogP contribution in [0.15, 0.2) is 12.1 Å². The minimum absolute atomic E-state index is 0.180. The number of rotatable bonds is 1. The average molecular weight is 246 g/mol. The second kappa shape index (κ2) is 5.11.